The minimum Gasteiger partial charge on any atom is -0.308 e. The van der Waals surface area contributed by atoms with Gasteiger partial charge in [0.2, 0.25) is 0 Å². The molecule has 2 aromatic heterocycles. The largest absolute Gasteiger partial charge is 0.308 e. The molecule has 0 aliphatic carbocycles. The van der Waals surface area contributed by atoms with E-state index >= 15 is 0 Å². The monoisotopic (exact) mass is 315 g/mol. The molecule has 4 heteroatoms. The van der Waals surface area contributed by atoms with Gasteiger partial charge in [0.1, 0.15) is 0 Å². The van der Waals surface area contributed by atoms with Crippen molar-refractivity contribution in [1.29, 1.82) is 0 Å². The van der Waals surface area contributed by atoms with Crippen LogP contribution in [0.2, 0.25) is 0 Å². The first-order chi connectivity index (χ1) is 7.76. The summed E-state index contributed by atoms with van der Waals surface area (Å²) in [5.74, 6) is 0. The van der Waals surface area contributed by atoms with Crippen LogP contribution in [-0.2, 0) is 6.42 Å². The van der Waals surface area contributed by atoms with E-state index in [-0.39, 0.29) is 0 Å². The predicted octanol–water partition coefficient (Wildman–Crippen LogP) is 4.44. The van der Waals surface area contributed by atoms with E-state index in [1.165, 1.54) is 19.1 Å². The van der Waals surface area contributed by atoms with Crippen molar-refractivity contribution in [1.82, 2.24) is 5.32 Å². The van der Waals surface area contributed by atoms with E-state index < -0.39 is 0 Å². The molecule has 0 amide bonds. The molecule has 0 spiro atoms. The molecule has 16 heavy (non-hydrogen) atoms. The first kappa shape index (κ1) is 12.3. The predicted molar refractivity (Wildman–Crippen MR) is 76.6 cm³/mol. The molecular formula is C12H14BrNS2. The SMILES string of the molecule is CCc1ccc(C(NC)c2sccc2Br)s1. The molecule has 0 bridgehead atoms. The fourth-order valence-electron chi connectivity index (χ4n) is 1.65. The number of halogens is 1. The molecule has 0 aliphatic rings. The standard InChI is InChI=1S/C12H14BrNS2/c1-3-8-4-5-10(16-8)11(14-2)12-9(13)6-7-15-12/h4-7,11,14H,3H2,1-2H3. The summed E-state index contributed by atoms with van der Waals surface area (Å²) in [6.45, 7) is 2.20. The smallest absolute Gasteiger partial charge is 0.0773 e. The molecule has 2 aromatic rings. The van der Waals surface area contributed by atoms with Gasteiger partial charge in [-0.05, 0) is 53.0 Å². The van der Waals surface area contributed by atoms with E-state index in [4.69, 9.17) is 0 Å². The van der Waals surface area contributed by atoms with Crippen LogP contribution in [0.15, 0.2) is 28.1 Å². The van der Waals surface area contributed by atoms with E-state index in [1.54, 1.807) is 11.3 Å². The maximum Gasteiger partial charge on any atom is 0.0773 e. The molecule has 0 radical (unpaired) electrons. The molecule has 2 rings (SSSR count). The molecule has 0 fully saturated rings. The van der Waals surface area contributed by atoms with Gasteiger partial charge >= 0.3 is 0 Å². The molecule has 0 aromatic carbocycles. The second-order valence-electron chi connectivity index (χ2n) is 3.51. The van der Waals surface area contributed by atoms with Crippen molar-refractivity contribution in [2.45, 2.75) is 19.4 Å². The highest BCUT2D eigenvalue weighted by molar-refractivity contribution is 9.10. The zero-order valence-electron chi connectivity index (χ0n) is 9.29. The molecule has 0 saturated heterocycles. The Hall–Kier alpha value is -0.160. The van der Waals surface area contributed by atoms with Crippen LogP contribution in [0.5, 0.6) is 0 Å². The Morgan fingerprint density at radius 1 is 1.38 bits per heavy atom. The Labute approximate surface area is 113 Å². The quantitative estimate of drug-likeness (QED) is 0.879. The highest BCUT2D eigenvalue weighted by Crippen LogP contribution is 2.35. The maximum absolute atomic E-state index is 3.60. The van der Waals surface area contributed by atoms with Gasteiger partial charge in [0.15, 0.2) is 0 Å². The summed E-state index contributed by atoms with van der Waals surface area (Å²) in [5.41, 5.74) is 0. The topological polar surface area (TPSA) is 12.0 Å². The van der Waals surface area contributed by atoms with Gasteiger partial charge in [0, 0.05) is 19.1 Å². The summed E-state index contributed by atoms with van der Waals surface area (Å²) in [6, 6.07) is 6.89. The third kappa shape index (κ3) is 2.40. The molecule has 1 nitrogen and oxygen atoms in total. The van der Waals surface area contributed by atoms with Gasteiger partial charge in [-0.25, -0.2) is 0 Å². The Morgan fingerprint density at radius 2 is 2.19 bits per heavy atom. The molecule has 2 heterocycles. The third-order valence-electron chi connectivity index (χ3n) is 2.51. The first-order valence-corrected chi connectivity index (χ1v) is 7.74. The third-order valence-corrected chi connectivity index (χ3v) is 5.74. The number of rotatable bonds is 4. The van der Waals surface area contributed by atoms with Gasteiger partial charge in [0.05, 0.1) is 6.04 Å². The Morgan fingerprint density at radius 3 is 2.69 bits per heavy atom. The number of hydrogen-bond acceptors (Lipinski definition) is 3. The summed E-state index contributed by atoms with van der Waals surface area (Å²) in [7, 11) is 2.02. The average Bonchev–Trinajstić information content (AvgIpc) is 2.90. The van der Waals surface area contributed by atoms with Crippen molar-refractivity contribution in [3.05, 3.63) is 42.7 Å². The molecule has 86 valence electrons. The van der Waals surface area contributed by atoms with Crippen LogP contribution in [0.4, 0.5) is 0 Å². The van der Waals surface area contributed by atoms with E-state index in [9.17, 15) is 0 Å². The average molecular weight is 316 g/mol. The highest BCUT2D eigenvalue weighted by Gasteiger charge is 2.17. The second-order valence-corrected chi connectivity index (χ2v) is 6.51. The Balaban J connectivity index is 2.32. The lowest BCUT2D eigenvalue weighted by atomic mass is 10.2. The van der Waals surface area contributed by atoms with Crippen molar-refractivity contribution in [3.63, 3.8) is 0 Å². The van der Waals surface area contributed by atoms with Crippen LogP contribution in [0.1, 0.15) is 27.6 Å². The number of hydrogen-bond donors (Lipinski definition) is 1. The van der Waals surface area contributed by atoms with Crippen LogP contribution in [0.3, 0.4) is 0 Å². The zero-order valence-corrected chi connectivity index (χ0v) is 12.5. The van der Waals surface area contributed by atoms with E-state index in [0.29, 0.717) is 6.04 Å². The molecule has 1 N–H and O–H groups in total. The Bertz CT molecular complexity index is 461. The van der Waals surface area contributed by atoms with Crippen LogP contribution in [-0.4, -0.2) is 7.05 Å². The van der Waals surface area contributed by atoms with E-state index in [0.717, 1.165) is 6.42 Å². The molecular weight excluding hydrogens is 302 g/mol. The minimum atomic E-state index is 0.319. The van der Waals surface area contributed by atoms with Gasteiger partial charge in [-0.2, -0.15) is 0 Å². The molecule has 1 atom stereocenters. The van der Waals surface area contributed by atoms with Crippen molar-refractivity contribution in [2.75, 3.05) is 7.05 Å². The second kappa shape index (κ2) is 5.45. The summed E-state index contributed by atoms with van der Waals surface area (Å²) in [4.78, 5) is 4.19. The fourth-order valence-corrected chi connectivity index (χ4v) is 4.53. The normalized spacial score (nSPS) is 12.9. The van der Waals surface area contributed by atoms with E-state index in [2.05, 4.69) is 51.7 Å². The van der Waals surface area contributed by atoms with Crippen LogP contribution in [0.25, 0.3) is 0 Å². The van der Waals surface area contributed by atoms with Gasteiger partial charge in [0.25, 0.3) is 0 Å². The van der Waals surface area contributed by atoms with Gasteiger partial charge < -0.3 is 5.32 Å². The van der Waals surface area contributed by atoms with Gasteiger partial charge in [-0.15, -0.1) is 22.7 Å². The van der Waals surface area contributed by atoms with Crippen molar-refractivity contribution >= 4 is 38.6 Å². The Kier molecular flexibility index (Phi) is 4.19. The zero-order chi connectivity index (χ0) is 11.5. The minimum absolute atomic E-state index is 0.319. The van der Waals surface area contributed by atoms with Gasteiger partial charge in [-0.1, -0.05) is 6.92 Å². The summed E-state index contributed by atoms with van der Waals surface area (Å²) >= 11 is 7.29. The van der Waals surface area contributed by atoms with Crippen LogP contribution in [0, 0.1) is 0 Å². The molecule has 0 aliphatic heterocycles. The van der Waals surface area contributed by atoms with Crippen LogP contribution < -0.4 is 5.32 Å². The number of nitrogens with one attached hydrogen (secondary N) is 1. The van der Waals surface area contributed by atoms with Crippen molar-refractivity contribution in [2.24, 2.45) is 0 Å². The highest BCUT2D eigenvalue weighted by atomic mass is 79.9. The van der Waals surface area contributed by atoms with Crippen molar-refractivity contribution < 1.29 is 0 Å². The lowest BCUT2D eigenvalue weighted by molar-refractivity contribution is 0.714. The summed E-state index contributed by atoms with van der Waals surface area (Å²) < 4.78 is 1.20. The molecule has 1 unspecified atom stereocenters. The maximum atomic E-state index is 3.60. The number of thiophene rings is 2. The summed E-state index contributed by atoms with van der Waals surface area (Å²) in [5, 5.41) is 5.51. The van der Waals surface area contributed by atoms with Crippen molar-refractivity contribution in [3.8, 4) is 0 Å². The number of aryl methyl sites for hydroxylation is 1. The van der Waals surface area contributed by atoms with E-state index in [1.807, 2.05) is 18.4 Å². The summed E-state index contributed by atoms with van der Waals surface area (Å²) in [6.07, 6.45) is 1.12. The molecule has 0 saturated carbocycles. The first-order valence-electron chi connectivity index (χ1n) is 5.25. The lowest BCUT2D eigenvalue weighted by Crippen LogP contribution is -2.15. The lowest BCUT2D eigenvalue weighted by Gasteiger charge is -2.13. The van der Waals surface area contributed by atoms with Crippen LogP contribution >= 0.6 is 38.6 Å². The van der Waals surface area contributed by atoms with Gasteiger partial charge in [-0.3, -0.25) is 0 Å². The fraction of sp³-hybridized carbons (Fsp3) is 0.333.